The average Bonchev–Trinajstić information content (AvgIpc) is 3.01. The van der Waals surface area contributed by atoms with Gasteiger partial charge >= 0.3 is 0 Å². The van der Waals surface area contributed by atoms with Gasteiger partial charge in [-0.3, -0.25) is 0 Å². The summed E-state index contributed by atoms with van der Waals surface area (Å²) in [6, 6.07) is 6.93. The zero-order valence-corrected chi connectivity index (χ0v) is 14.5. The summed E-state index contributed by atoms with van der Waals surface area (Å²) in [7, 11) is -3.52. The van der Waals surface area contributed by atoms with Crippen molar-refractivity contribution in [2.45, 2.75) is 18.2 Å². The minimum absolute atomic E-state index is 0.275. The van der Waals surface area contributed by atoms with Gasteiger partial charge in [0.2, 0.25) is 10.0 Å². The number of hydrogen-bond acceptors (Lipinski definition) is 5. The Hall–Kier alpha value is -1.54. The van der Waals surface area contributed by atoms with Crippen molar-refractivity contribution in [1.29, 1.82) is 0 Å². The molecule has 3 rings (SSSR count). The SMILES string of the molecule is Cc1csc(-c2cccc(S(=O)(=O)NCC3=CCNCC3)c2)n1. The van der Waals surface area contributed by atoms with Crippen molar-refractivity contribution < 1.29 is 8.42 Å². The molecule has 2 aromatic rings. The van der Waals surface area contributed by atoms with Gasteiger partial charge in [-0.25, -0.2) is 18.1 Å². The number of hydrogen-bond donors (Lipinski definition) is 2. The van der Waals surface area contributed by atoms with E-state index >= 15 is 0 Å². The third kappa shape index (κ3) is 4.06. The van der Waals surface area contributed by atoms with Crippen molar-refractivity contribution in [3.8, 4) is 10.6 Å². The highest BCUT2D eigenvalue weighted by Gasteiger charge is 2.16. The molecule has 0 unspecified atom stereocenters. The molecule has 0 saturated carbocycles. The normalized spacial score (nSPS) is 15.4. The molecule has 2 N–H and O–H groups in total. The summed E-state index contributed by atoms with van der Waals surface area (Å²) in [6.07, 6.45) is 2.92. The zero-order chi connectivity index (χ0) is 16.3. The van der Waals surface area contributed by atoms with Crippen LogP contribution >= 0.6 is 11.3 Å². The van der Waals surface area contributed by atoms with Crippen LogP contribution in [0.5, 0.6) is 0 Å². The monoisotopic (exact) mass is 349 g/mol. The number of nitrogens with zero attached hydrogens (tertiary/aromatic N) is 1. The van der Waals surface area contributed by atoms with Crippen LogP contribution in [-0.4, -0.2) is 33.0 Å². The van der Waals surface area contributed by atoms with E-state index in [1.165, 1.54) is 11.3 Å². The molecule has 0 spiro atoms. The first kappa shape index (κ1) is 16.3. The maximum Gasteiger partial charge on any atom is 0.240 e. The quantitative estimate of drug-likeness (QED) is 0.813. The molecule has 0 saturated heterocycles. The van der Waals surface area contributed by atoms with Crippen LogP contribution in [0.15, 0.2) is 46.2 Å². The molecule has 5 nitrogen and oxygen atoms in total. The fourth-order valence-electron chi connectivity index (χ4n) is 2.38. The lowest BCUT2D eigenvalue weighted by molar-refractivity contribution is 0.582. The van der Waals surface area contributed by atoms with Gasteiger partial charge in [-0.05, 0) is 32.0 Å². The highest BCUT2D eigenvalue weighted by Crippen LogP contribution is 2.25. The van der Waals surface area contributed by atoms with Crippen LogP contribution in [-0.2, 0) is 10.0 Å². The van der Waals surface area contributed by atoms with Gasteiger partial charge in [0.25, 0.3) is 0 Å². The Labute approximate surface area is 140 Å². The third-order valence-corrected chi connectivity index (χ3v) is 6.07. The first-order valence-corrected chi connectivity index (χ1v) is 9.82. The zero-order valence-electron chi connectivity index (χ0n) is 12.9. The van der Waals surface area contributed by atoms with Crippen LogP contribution in [0.25, 0.3) is 10.6 Å². The molecule has 23 heavy (non-hydrogen) atoms. The van der Waals surface area contributed by atoms with Crippen LogP contribution in [0.4, 0.5) is 0 Å². The Bertz CT molecular complexity index is 825. The van der Waals surface area contributed by atoms with Crippen LogP contribution in [0.2, 0.25) is 0 Å². The molecule has 1 aliphatic heterocycles. The van der Waals surface area contributed by atoms with Crippen LogP contribution in [0, 0.1) is 6.92 Å². The van der Waals surface area contributed by atoms with Crippen molar-refractivity contribution in [3.63, 3.8) is 0 Å². The Morgan fingerprint density at radius 2 is 2.26 bits per heavy atom. The van der Waals surface area contributed by atoms with Crippen molar-refractivity contribution in [1.82, 2.24) is 15.0 Å². The summed E-state index contributed by atoms with van der Waals surface area (Å²) in [4.78, 5) is 4.69. The van der Waals surface area contributed by atoms with E-state index < -0.39 is 10.0 Å². The van der Waals surface area contributed by atoms with Crippen LogP contribution in [0.1, 0.15) is 12.1 Å². The molecule has 122 valence electrons. The van der Waals surface area contributed by atoms with Gasteiger partial charge in [0.15, 0.2) is 0 Å². The van der Waals surface area contributed by atoms with Gasteiger partial charge in [0.05, 0.1) is 4.90 Å². The van der Waals surface area contributed by atoms with E-state index in [9.17, 15) is 8.42 Å². The molecule has 0 amide bonds. The number of aryl methyl sites for hydroxylation is 1. The maximum atomic E-state index is 12.5. The van der Waals surface area contributed by atoms with E-state index in [0.29, 0.717) is 6.54 Å². The molecular formula is C16H19N3O2S2. The number of sulfonamides is 1. The van der Waals surface area contributed by atoms with Crippen molar-refractivity contribution in [2.75, 3.05) is 19.6 Å². The number of thiazole rings is 1. The van der Waals surface area contributed by atoms with Crippen molar-refractivity contribution in [3.05, 3.63) is 47.0 Å². The van der Waals surface area contributed by atoms with Crippen LogP contribution in [0.3, 0.4) is 0 Å². The number of aromatic nitrogens is 1. The molecule has 0 aliphatic carbocycles. The second-order valence-electron chi connectivity index (χ2n) is 5.46. The Morgan fingerprint density at radius 3 is 2.96 bits per heavy atom. The third-order valence-electron chi connectivity index (χ3n) is 3.66. The summed E-state index contributed by atoms with van der Waals surface area (Å²) in [5.74, 6) is 0. The molecule has 1 aromatic carbocycles. The molecule has 0 radical (unpaired) electrons. The highest BCUT2D eigenvalue weighted by atomic mass is 32.2. The lowest BCUT2D eigenvalue weighted by atomic mass is 10.1. The van der Waals surface area contributed by atoms with E-state index in [1.54, 1.807) is 18.2 Å². The summed E-state index contributed by atoms with van der Waals surface area (Å²) in [5, 5.41) is 6.00. The lowest BCUT2D eigenvalue weighted by Crippen LogP contribution is -2.29. The van der Waals surface area contributed by atoms with Gasteiger partial charge in [-0.2, -0.15) is 0 Å². The summed E-state index contributed by atoms with van der Waals surface area (Å²) < 4.78 is 27.7. The predicted molar refractivity (Wildman–Crippen MR) is 93.0 cm³/mol. The minimum atomic E-state index is -3.52. The van der Waals surface area contributed by atoms with Gasteiger partial charge in [-0.1, -0.05) is 23.8 Å². The van der Waals surface area contributed by atoms with E-state index in [1.807, 2.05) is 24.4 Å². The van der Waals surface area contributed by atoms with E-state index in [-0.39, 0.29) is 4.90 Å². The standard InChI is InChI=1S/C16H19N3O2S2/c1-12-11-22-16(19-12)14-3-2-4-15(9-14)23(20,21)18-10-13-5-7-17-8-6-13/h2-5,9,11,17-18H,6-8,10H2,1H3. The minimum Gasteiger partial charge on any atom is -0.313 e. The molecular weight excluding hydrogens is 330 g/mol. The molecule has 2 heterocycles. The lowest BCUT2D eigenvalue weighted by Gasteiger charge is -2.15. The fraction of sp³-hybridized carbons (Fsp3) is 0.312. The second kappa shape index (κ2) is 6.92. The highest BCUT2D eigenvalue weighted by molar-refractivity contribution is 7.89. The topological polar surface area (TPSA) is 71.1 Å². The number of nitrogens with one attached hydrogen (secondary N) is 2. The van der Waals surface area contributed by atoms with Crippen molar-refractivity contribution >= 4 is 21.4 Å². The van der Waals surface area contributed by atoms with E-state index in [4.69, 9.17) is 0 Å². The second-order valence-corrected chi connectivity index (χ2v) is 8.09. The Balaban J connectivity index is 1.78. The summed E-state index contributed by atoms with van der Waals surface area (Å²) >= 11 is 1.52. The van der Waals surface area contributed by atoms with E-state index in [2.05, 4.69) is 15.0 Å². The first-order chi connectivity index (χ1) is 11.0. The first-order valence-electron chi connectivity index (χ1n) is 7.45. The predicted octanol–water partition coefficient (Wildman–Crippen LogP) is 2.32. The average molecular weight is 349 g/mol. The maximum absolute atomic E-state index is 12.5. The largest absolute Gasteiger partial charge is 0.313 e. The fourth-order valence-corrected chi connectivity index (χ4v) is 4.26. The van der Waals surface area contributed by atoms with Crippen molar-refractivity contribution in [2.24, 2.45) is 0 Å². The Morgan fingerprint density at radius 1 is 1.39 bits per heavy atom. The summed E-state index contributed by atoms with van der Waals surface area (Å²) in [5.41, 5.74) is 2.89. The number of rotatable bonds is 5. The van der Waals surface area contributed by atoms with Crippen LogP contribution < -0.4 is 10.0 Å². The van der Waals surface area contributed by atoms with Gasteiger partial charge in [0.1, 0.15) is 5.01 Å². The molecule has 7 heteroatoms. The van der Waals surface area contributed by atoms with E-state index in [0.717, 1.165) is 41.3 Å². The molecule has 0 fully saturated rings. The molecule has 0 atom stereocenters. The number of benzene rings is 1. The smallest absolute Gasteiger partial charge is 0.240 e. The van der Waals surface area contributed by atoms with Gasteiger partial charge in [0, 0.05) is 29.7 Å². The molecule has 1 aliphatic rings. The Kier molecular flexibility index (Phi) is 4.91. The molecule has 1 aromatic heterocycles. The molecule has 0 bridgehead atoms. The van der Waals surface area contributed by atoms with Gasteiger partial charge < -0.3 is 5.32 Å². The van der Waals surface area contributed by atoms with Gasteiger partial charge in [-0.15, -0.1) is 11.3 Å². The summed E-state index contributed by atoms with van der Waals surface area (Å²) in [6.45, 7) is 3.99.